The zero-order valence-electron chi connectivity index (χ0n) is 14.1. The topological polar surface area (TPSA) is 81.3 Å². The fourth-order valence-corrected chi connectivity index (χ4v) is 3.17. The molecule has 0 spiro atoms. The van der Waals surface area contributed by atoms with Crippen LogP contribution in [0.1, 0.15) is 24.2 Å². The summed E-state index contributed by atoms with van der Waals surface area (Å²) in [7, 11) is 0. The SMILES string of the molecule is Cc1cc(OCCCC(=O)OCc2nc3ccsc3c(=O)[nH]2)ccc1Cl. The number of carbonyl (C=O) groups excluding carboxylic acids is 1. The van der Waals surface area contributed by atoms with Gasteiger partial charge in [-0.15, -0.1) is 11.3 Å². The van der Waals surface area contributed by atoms with E-state index in [4.69, 9.17) is 21.1 Å². The monoisotopic (exact) mass is 392 g/mol. The number of thiophene rings is 1. The minimum absolute atomic E-state index is 0.0584. The molecule has 2 heterocycles. The van der Waals surface area contributed by atoms with E-state index in [0.29, 0.717) is 39.8 Å². The molecular formula is C18H17ClN2O4S. The van der Waals surface area contributed by atoms with Gasteiger partial charge in [-0.25, -0.2) is 4.98 Å². The first kappa shape index (κ1) is 18.4. The number of nitrogens with one attached hydrogen (secondary N) is 1. The molecule has 0 atom stereocenters. The molecule has 0 aliphatic rings. The van der Waals surface area contributed by atoms with Crippen molar-refractivity contribution < 1.29 is 14.3 Å². The van der Waals surface area contributed by atoms with E-state index in [1.807, 2.05) is 13.0 Å². The highest BCUT2D eigenvalue weighted by Gasteiger charge is 2.08. The lowest BCUT2D eigenvalue weighted by Crippen LogP contribution is -2.13. The molecule has 0 fully saturated rings. The molecule has 3 rings (SSSR count). The summed E-state index contributed by atoms with van der Waals surface area (Å²) in [6, 6.07) is 7.18. The van der Waals surface area contributed by atoms with Crippen LogP contribution in [-0.2, 0) is 16.1 Å². The number of hydrogen-bond acceptors (Lipinski definition) is 6. The quantitative estimate of drug-likeness (QED) is 0.488. The number of nitrogens with zero attached hydrogens (tertiary/aromatic N) is 1. The van der Waals surface area contributed by atoms with Crippen molar-refractivity contribution >= 4 is 39.1 Å². The van der Waals surface area contributed by atoms with Crippen LogP contribution in [0.25, 0.3) is 10.2 Å². The van der Waals surface area contributed by atoms with Gasteiger partial charge >= 0.3 is 5.97 Å². The Bertz CT molecular complexity index is 983. The highest BCUT2D eigenvalue weighted by atomic mass is 35.5. The molecule has 1 N–H and O–H groups in total. The van der Waals surface area contributed by atoms with Crippen molar-refractivity contribution in [3.05, 3.63) is 56.4 Å². The van der Waals surface area contributed by atoms with Gasteiger partial charge in [0.1, 0.15) is 22.9 Å². The molecule has 3 aromatic rings. The maximum absolute atomic E-state index is 11.8. The van der Waals surface area contributed by atoms with Crippen LogP contribution in [0.2, 0.25) is 5.02 Å². The highest BCUT2D eigenvalue weighted by molar-refractivity contribution is 7.17. The number of H-pyrrole nitrogens is 1. The summed E-state index contributed by atoms with van der Waals surface area (Å²) in [4.78, 5) is 30.5. The van der Waals surface area contributed by atoms with Crippen molar-refractivity contribution in [3.63, 3.8) is 0 Å². The molecule has 0 aliphatic carbocycles. The molecular weight excluding hydrogens is 376 g/mol. The Labute approximate surface area is 158 Å². The van der Waals surface area contributed by atoms with Gasteiger partial charge in [0.2, 0.25) is 0 Å². The molecule has 0 radical (unpaired) electrons. The number of benzene rings is 1. The smallest absolute Gasteiger partial charge is 0.306 e. The number of aromatic amines is 1. The van der Waals surface area contributed by atoms with Crippen molar-refractivity contribution in [1.29, 1.82) is 0 Å². The zero-order valence-corrected chi connectivity index (χ0v) is 15.7. The molecule has 0 bridgehead atoms. The second-order valence-corrected chi connectivity index (χ2v) is 6.99. The number of halogens is 1. The van der Waals surface area contributed by atoms with Gasteiger partial charge in [-0.05, 0) is 48.6 Å². The fraction of sp³-hybridized carbons (Fsp3) is 0.278. The van der Waals surface area contributed by atoms with Crippen molar-refractivity contribution in [2.45, 2.75) is 26.4 Å². The second-order valence-electron chi connectivity index (χ2n) is 5.67. The molecule has 0 saturated carbocycles. The van der Waals surface area contributed by atoms with Gasteiger partial charge in [0, 0.05) is 11.4 Å². The molecule has 26 heavy (non-hydrogen) atoms. The van der Waals surface area contributed by atoms with E-state index in [9.17, 15) is 9.59 Å². The Morgan fingerprint density at radius 3 is 3.00 bits per heavy atom. The fourth-order valence-electron chi connectivity index (χ4n) is 2.32. The van der Waals surface area contributed by atoms with Crippen LogP contribution >= 0.6 is 22.9 Å². The van der Waals surface area contributed by atoms with E-state index in [0.717, 1.165) is 5.56 Å². The molecule has 0 saturated heterocycles. The summed E-state index contributed by atoms with van der Waals surface area (Å²) >= 11 is 7.29. The maximum Gasteiger partial charge on any atom is 0.306 e. The number of ether oxygens (including phenoxy) is 2. The molecule has 0 unspecified atom stereocenters. The minimum Gasteiger partial charge on any atom is -0.494 e. The van der Waals surface area contributed by atoms with Gasteiger partial charge in [0.25, 0.3) is 5.56 Å². The summed E-state index contributed by atoms with van der Waals surface area (Å²) in [5.41, 5.74) is 1.33. The third-order valence-corrected chi connectivity index (χ3v) is 4.98. The Hall–Kier alpha value is -2.38. The summed E-state index contributed by atoms with van der Waals surface area (Å²) in [6.45, 7) is 2.24. The lowest BCUT2D eigenvalue weighted by molar-refractivity contribution is -0.145. The van der Waals surface area contributed by atoms with Crippen LogP contribution < -0.4 is 10.3 Å². The first-order chi connectivity index (χ1) is 12.5. The van der Waals surface area contributed by atoms with Gasteiger partial charge in [-0.1, -0.05) is 11.6 Å². The third-order valence-electron chi connectivity index (χ3n) is 3.66. The number of hydrogen-bond donors (Lipinski definition) is 1. The average molecular weight is 393 g/mol. The Balaban J connectivity index is 1.42. The van der Waals surface area contributed by atoms with E-state index in [-0.39, 0.29) is 24.6 Å². The molecule has 1 aromatic carbocycles. The van der Waals surface area contributed by atoms with Gasteiger partial charge in [-0.2, -0.15) is 0 Å². The van der Waals surface area contributed by atoms with Crippen molar-refractivity contribution in [3.8, 4) is 5.75 Å². The van der Waals surface area contributed by atoms with Crippen LogP contribution in [0.3, 0.4) is 0 Å². The number of carbonyl (C=O) groups is 1. The number of aromatic nitrogens is 2. The number of esters is 1. The van der Waals surface area contributed by atoms with Crippen LogP contribution in [0.5, 0.6) is 5.75 Å². The van der Waals surface area contributed by atoms with Crippen LogP contribution in [0, 0.1) is 6.92 Å². The summed E-state index contributed by atoms with van der Waals surface area (Å²) in [5, 5.41) is 2.48. The standard InChI is InChI=1S/C18H17ClN2O4S/c1-11-9-12(4-5-13(11)19)24-7-2-3-16(22)25-10-15-20-14-6-8-26-17(14)18(23)21-15/h4-6,8-9H,2-3,7,10H2,1H3,(H,20,21,23). The molecule has 0 aliphatic heterocycles. The van der Waals surface area contributed by atoms with E-state index in [2.05, 4.69) is 9.97 Å². The third kappa shape index (κ3) is 4.62. The zero-order chi connectivity index (χ0) is 18.5. The number of rotatable bonds is 7. The van der Waals surface area contributed by atoms with Crippen molar-refractivity contribution in [2.75, 3.05) is 6.61 Å². The highest BCUT2D eigenvalue weighted by Crippen LogP contribution is 2.21. The Morgan fingerprint density at radius 2 is 2.19 bits per heavy atom. The van der Waals surface area contributed by atoms with Gasteiger partial charge in [0.15, 0.2) is 0 Å². The van der Waals surface area contributed by atoms with E-state index < -0.39 is 0 Å². The largest absolute Gasteiger partial charge is 0.494 e. The first-order valence-electron chi connectivity index (χ1n) is 8.04. The molecule has 2 aromatic heterocycles. The van der Waals surface area contributed by atoms with Crippen molar-refractivity contribution in [1.82, 2.24) is 9.97 Å². The van der Waals surface area contributed by atoms with Gasteiger partial charge in [-0.3, -0.25) is 9.59 Å². The van der Waals surface area contributed by atoms with Crippen LogP contribution in [0.15, 0.2) is 34.4 Å². The Morgan fingerprint density at radius 1 is 1.35 bits per heavy atom. The maximum atomic E-state index is 11.8. The molecule has 8 heteroatoms. The van der Waals surface area contributed by atoms with Gasteiger partial charge in [0.05, 0.1) is 12.1 Å². The minimum atomic E-state index is -0.367. The lowest BCUT2D eigenvalue weighted by atomic mass is 10.2. The number of aryl methyl sites for hydroxylation is 1. The van der Waals surface area contributed by atoms with Gasteiger partial charge < -0.3 is 14.5 Å². The van der Waals surface area contributed by atoms with Crippen LogP contribution in [0.4, 0.5) is 0 Å². The predicted octanol–water partition coefficient (Wildman–Crippen LogP) is 3.85. The lowest BCUT2D eigenvalue weighted by Gasteiger charge is -2.08. The first-order valence-corrected chi connectivity index (χ1v) is 9.29. The van der Waals surface area contributed by atoms with E-state index in [1.165, 1.54) is 11.3 Å². The Kier molecular flexibility index (Phi) is 5.90. The summed E-state index contributed by atoms with van der Waals surface area (Å²) < 4.78 is 11.3. The number of fused-ring (bicyclic) bond motifs is 1. The normalized spacial score (nSPS) is 10.8. The summed E-state index contributed by atoms with van der Waals surface area (Å²) in [6.07, 6.45) is 0.742. The summed E-state index contributed by atoms with van der Waals surface area (Å²) in [5.74, 6) is 0.683. The van der Waals surface area contributed by atoms with E-state index in [1.54, 1.807) is 23.6 Å². The predicted molar refractivity (Wildman–Crippen MR) is 101 cm³/mol. The van der Waals surface area contributed by atoms with Crippen molar-refractivity contribution in [2.24, 2.45) is 0 Å². The molecule has 0 amide bonds. The van der Waals surface area contributed by atoms with E-state index >= 15 is 0 Å². The molecule has 136 valence electrons. The molecule has 6 nitrogen and oxygen atoms in total. The second kappa shape index (κ2) is 8.33. The average Bonchev–Trinajstić information content (AvgIpc) is 3.09. The van der Waals surface area contributed by atoms with Crippen LogP contribution in [-0.4, -0.2) is 22.5 Å².